The number of alkyl halides is 1. The monoisotopic (exact) mass is 360 g/mol. The normalized spacial score (nSPS) is 11.6. The van der Waals surface area contributed by atoms with Crippen molar-refractivity contribution in [2.24, 2.45) is 4.99 Å². The lowest BCUT2D eigenvalue weighted by Gasteiger charge is -2.12. The first kappa shape index (κ1) is 18.9. The van der Waals surface area contributed by atoms with Crippen LogP contribution in [0.4, 0.5) is 10.1 Å². The molecular weight excluding hydrogens is 339 g/mol. The van der Waals surface area contributed by atoms with Crippen molar-refractivity contribution in [1.29, 1.82) is 5.26 Å². The Labute approximate surface area is 151 Å². The summed E-state index contributed by atoms with van der Waals surface area (Å²) < 4.78 is 24.1. The van der Waals surface area contributed by atoms with E-state index in [0.717, 1.165) is 28.3 Å². The van der Waals surface area contributed by atoms with E-state index in [4.69, 9.17) is 4.74 Å². The maximum Gasteiger partial charge on any atom is 0.218 e. The Hall–Kier alpha value is -2.46. The average Bonchev–Trinajstić information content (AvgIpc) is 2.92. The highest BCUT2D eigenvalue weighted by Crippen LogP contribution is 2.39. The number of hydrogen-bond acceptors (Lipinski definition) is 5. The molecule has 25 heavy (non-hydrogen) atoms. The second-order valence-electron chi connectivity index (χ2n) is 6.49. The quantitative estimate of drug-likeness (QED) is 0.565. The third-order valence-electron chi connectivity index (χ3n) is 3.46. The van der Waals surface area contributed by atoms with Gasteiger partial charge in [0.1, 0.15) is 28.7 Å². The number of ether oxygens (including phenoxy) is 1. The van der Waals surface area contributed by atoms with Crippen molar-refractivity contribution < 1.29 is 9.13 Å². The Morgan fingerprint density at radius 3 is 2.56 bits per heavy atom. The fourth-order valence-corrected chi connectivity index (χ4v) is 2.99. The highest BCUT2D eigenvalue weighted by atomic mass is 32.1. The number of halogens is 1. The molecule has 1 aromatic heterocycles. The number of nitrogens with zero attached hydrogens (tertiary/aromatic N) is 4. The summed E-state index contributed by atoms with van der Waals surface area (Å²) in [5.41, 5.74) is 1.20. The van der Waals surface area contributed by atoms with Crippen LogP contribution in [-0.2, 0) is 5.67 Å². The summed E-state index contributed by atoms with van der Waals surface area (Å²) in [5, 5.41) is 9.67. The molecule has 2 rings (SSSR count). The maximum absolute atomic E-state index is 14.2. The van der Waals surface area contributed by atoms with Crippen molar-refractivity contribution in [1.82, 2.24) is 9.27 Å². The van der Waals surface area contributed by atoms with Crippen molar-refractivity contribution in [3.05, 3.63) is 34.5 Å². The standard InChI is InChI=1S/C18H21FN4OS/c1-11-8-15(12(2)7-14(11)21-10-23(5)6)24-17-13(9-20)16(22-25-17)18(3,4)19/h7-8,10H,1-6H3/b21-10-. The number of aromatic nitrogens is 1. The minimum absolute atomic E-state index is 0.108. The summed E-state index contributed by atoms with van der Waals surface area (Å²) in [7, 11) is 3.81. The maximum atomic E-state index is 14.2. The highest BCUT2D eigenvalue weighted by molar-refractivity contribution is 7.08. The Kier molecular flexibility index (Phi) is 5.43. The molecule has 0 bridgehead atoms. The van der Waals surface area contributed by atoms with Gasteiger partial charge in [0.2, 0.25) is 5.06 Å². The van der Waals surface area contributed by atoms with Gasteiger partial charge in [0.25, 0.3) is 0 Å². The van der Waals surface area contributed by atoms with Gasteiger partial charge in [-0.3, -0.25) is 0 Å². The molecule has 0 aliphatic heterocycles. The Morgan fingerprint density at radius 2 is 2.00 bits per heavy atom. The lowest BCUT2D eigenvalue weighted by atomic mass is 10.0. The molecule has 1 heterocycles. The third-order valence-corrected chi connectivity index (χ3v) is 4.19. The van der Waals surface area contributed by atoms with Gasteiger partial charge in [-0.2, -0.15) is 9.64 Å². The minimum Gasteiger partial charge on any atom is -0.443 e. The molecule has 0 saturated heterocycles. The van der Waals surface area contributed by atoms with Crippen molar-refractivity contribution in [3.8, 4) is 16.9 Å². The van der Waals surface area contributed by atoms with E-state index >= 15 is 0 Å². The summed E-state index contributed by atoms with van der Waals surface area (Å²) in [4.78, 5) is 6.28. The summed E-state index contributed by atoms with van der Waals surface area (Å²) in [5.74, 6) is 0.602. The van der Waals surface area contributed by atoms with Gasteiger partial charge in [0.05, 0.1) is 12.0 Å². The van der Waals surface area contributed by atoms with Gasteiger partial charge in [0, 0.05) is 25.6 Å². The molecule has 0 aliphatic carbocycles. The predicted octanol–water partition coefficient (Wildman–Crippen LogP) is 4.85. The van der Waals surface area contributed by atoms with Gasteiger partial charge in [-0.05, 0) is 51.0 Å². The molecule has 0 N–H and O–H groups in total. The molecule has 0 unspecified atom stereocenters. The summed E-state index contributed by atoms with van der Waals surface area (Å²) >= 11 is 0.984. The molecular formula is C18H21FN4OS. The Morgan fingerprint density at radius 1 is 1.32 bits per heavy atom. The lowest BCUT2D eigenvalue weighted by Crippen LogP contribution is -2.11. The zero-order valence-electron chi connectivity index (χ0n) is 15.2. The molecule has 0 fully saturated rings. The second kappa shape index (κ2) is 7.19. The van der Waals surface area contributed by atoms with Crippen molar-refractivity contribution in [3.63, 3.8) is 0 Å². The van der Waals surface area contributed by atoms with Gasteiger partial charge >= 0.3 is 0 Å². The SMILES string of the molecule is Cc1cc(Oc2snc(C(C)(C)F)c2C#N)c(C)cc1/N=C\N(C)C. The average molecular weight is 360 g/mol. The van der Waals surface area contributed by atoms with E-state index in [9.17, 15) is 9.65 Å². The molecule has 0 spiro atoms. The van der Waals surface area contributed by atoms with Gasteiger partial charge in [-0.15, -0.1) is 0 Å². The lowest BCUT2D eigenvalue weighted by molar-refractivity contribution is 0.215. The molecule has 0 amide bonds. The smallest absolute Gasteiger partial charge is 0.218 e. The topological polar surface area (TPSA) is 61.5 Å². The van der Waals surface area contributed by atoms with E-state index in [1.54, 1.807) is 6.34 Å². The van der Waals surface area contributed by atoms with Crippen molar-refractivity contribution >= 4 is 23.6 Å². The van der Waals surface area contributed by atoms with E-state index in [-0.39, 0.29) is 11.3 Å². The van der Waals surface area contributed by atoms with E-state index in [1.165, 1.54) is 13.8 Å². The molecule has 0 radical (unpaired) electrons. The number of hydrogen-bond donors (Lipinski definition) is 0. The Bertz CT molecular complexity index is 844. The van der Waals surface area contributed by atoms with E-state index < -0.39 is 5.67 Å². The van der Waals surface area contributed by atoms with Gasteiger partial charge < -0.3 is 9.64 Å². The summed E-state index contributed by atoms with van der Waals surface area (Å²) in [6.07, 6.45) is 1.73. The van der Waals surface area contributed by atoms with Gasteiger partial charge in [-0.1, -0.05) is 0 Å². The summed E-state index contributed by atoms with van der Waals surface area (Å²) in [6, 6.07) is 5.78. The van der Waals surface area contributed by atoms with Crippen LogP contribution in [0.25, 0.3) is 0 Å². The van der Waals surface area contributed by atoms with Gasteiger partial charge in [-0.25, -0.2) is 9.38 Å². The van der Waals surface area contributed by atoms with Crippen molar-refractivity contribution in [2.45, 2.75) is 33.4 Å². The fraction of sp³-hybridized carbons (Fsp3) is 0.389. The summed E-state index contributed by atoms with van der Waals surface area (Å²) in [6.45, 7) is 6.58. The van der Waals surface area contributed by atoms with Crippen LogP contribution in [0.3, 0.4) is 0 Å². The van der Waals surface area contributed by atoms with Crippen LogP contribution in [0.2, 0.25) is 0 Å². The molecule has 1 aromatic carbocycles. The van der Waals surface area contributed by atoms with Crippen LogP contribution < -0.4 is 4.74 Å². The molecule has 5 nitrogen and oxygen atoms in total. The number of benzene rings is 1. The largest absolute Gasteiger partial charge is 0.443 e. The van der Waals surface area contributed by atoms with Crippen LogP contribution in [0.1, 0.15) is 36.2 Å². The second-order valence-corrected chi connectivity index (χ2v) is 7.23. The van der Waals surface area contributed by atoms with Crippen LogP contribution in [0.5, 0.6) is 10.8 Å². The zero-order valence-corrected chi connectivity index (χ0v) is 16.0. The molecule has 0 saturated carbocycles. The van der Waals surface area contributed by atoms with Crippen LogP contribution in [0, 0.1) is 25.2 Å². The van der Waals surface area contributed by atoms with Crippen LogP contribution in [-0.4, -0.2) is 29.7 Å². The van der Waals surface area contributed by atoms with E-state index in [1.807, 2.05) is 51.0 Å². The third kappa shape index (κ3) is 4.34. The molecule has 7 heteroatoms. The highest BCUT2D eigenvalue weighted by Gasteiger charge is 2.29. The Balaban J connectivity index is 2.38. The van der Waals surface area contributed by atoms with E-state index in [2.05, 4.69) is 9.37 Å². The first-order chi connectivity index (χ1) is 11.6. The predicted molar refractivity (Wildman–Crippen MR) is 98.8 cm³/mol. The number of aliphatic imine (C=N–C) groups is 1. The minimum atomic E-state index is -1.70. The first-order valence-electron chi connectivity index (χ1n) is 7.72. The molecule has 0 atom stereocenters. The van der Waals surface area contributed by atoms with Crippen molar-refractivity contribution in [2.75, 3.05) is 14.1 Å². The van der Waals surface area contributed by atoms with Crippen LogP contribution in [0.15, 0.2) is 17.1 Å². The number of aryl methyl sites for hydroxylation is 2. The molecule has 132 valence electrons. The van der Waals surface area contributed by atoms with Crippen LogP contribution >= 0.6 is 11.5 Å². The van der Waals surface area contributed by atoms with E-state index in [0.29, 0.717) is 10.8 Å². The zero-order chi connectivity index (χ0) is 18.8. The fourth-order valence-electron chi connectivity index (χ4n) is 2.15. The van der Waals surface area contributed by atoms with Gasteiger partial charge in [0.15, 0.2) is 0 Å². The first-order valence-corrected chi connectivity index (χ1v) is 8.49. The number of nitriles is 1. The number of rotatable bonds is 5. The molecule has 2 aromatic rings. The molecule has 0 aliphatic rings.